The van der Waals surface area contributed by atoms with Crippen LogP contribution in [-0.4, -0.2) is 5.91 Å². The molecule has 0 saturated heterocycles. The molecule has 0 aliphatic rings. The molecule has 0 atom stereocenters. The maximum absolute atomic E-state index is 13.4. The monoisotopic (exact) mass is 327 g/mol. The molecule has 1 amide bonds. The molecule has 0 spiro atoms. The number of carbonyl (C=O) groups is 1. The largest absolute Gasteiger partial charge is 0.416 e. The molecule has 2 nitrogen and oxygen atoms in total. The second kappa shape index (κ2) is 6.60. The molecule has 0 aromatic heterocycles. The van der Waals surface area contributed by atoms with E-state index in [9.17, 15) is 26.7 Å². The van der Waals surface area contributed by atoms with Crippen molar-refractivity contribution in [2.75, 3.05) is 5.32 Å². The van der Waals surface area contributed by atoms with E-state index in [4.69, 9.17) is 0 Å². The van der Waals surface area contributed by atoms with Crippen molar-refractivity contribution in [1.29, 1.82) is 0 Å². The van der Waals surface area contributed by atoms with Crippen molar-refractivity contribution in [2.45, 2.75) is 6.18 Å². The number of anilines is 1. The number of nitrogens with one attached hydrogen (secondary N) is 1. The molecular formula is C16H10F5NO. The minimum atomic E-state index is -4.48. The third-order valence-electron chi connectivity index (χ3n) is 2.83. The second-order valence-electron chi connectivity index (χ2n) is 4.57. The maximum atomic E-state index is 13.4. The summed E-state index contributed by atoms with van der Waals surface area (Å²) in [6.07, 6.45) is -2.37. The Kier molecular flexibility index (Phi) is 4.78. The first-order valence-electron chi connectivity index (χ1n) is 6.37. The molecule has 2 aromatic carbocycles. The Morgan fingerprint density at radius 3 is 2.43 bits per heavy atom. The zero-order chi connectivity index (χ0) is 17.0. The van der Waals surface area contributed by atoms with Gasteiger partial charge in [0.25, 0.3) is 0 Å². The molecular weight excluding hydrogens is 317 g/mol. The van der Waals surface area contributed by atoms with Gasteiger partial charge >= 0.3 is 6.18 Å². The third kappa shape index (κ3) is 4.64. The molecule has 7 heteroatoms. The van der Waals surface area contributed by atoms with Gasteiger partial charge in [0.15, 0.2) is 0 Å². The van der Waals surface area contributed by atoms with Crippen molar-refractivity contribution in [1.82, 2.24) is 0 Å². The van der Waals surface area contributed by atoms with Crippen LogP contribution < -0.4 is 5.32 Å². The summed E-state index contributed by atoms with van der Waals surface area (Å²) in [5.74, 6) is -2.50. The Hall–Kier alpha value is -2.70. The Morgan fingerprint density at radius 1 is 1.04 bits per heavy atom. The number of benzene rings is 2. The lowest BCUT2D eigenvalue weighted by Crippen LogP contribution is -2.09. The molecule has 0 aliphatic heterocycles. The van der Waals surface area contributed by atoms with Crippen molar-refractivity contribution in [3.8, 4) is 0 Å². The number of rotatable bonds is 3. The van der Waals surface area contributed by atoms with E-state index in [-0.39, 0.29) is 11.3 Å². The number of amides is 1. The van der Waals surface area contributed by atoms with Gasteiger partial charge in [-0.3, -0.25) is 4.79 Å². The zero-order valence-electron chi connectivity index (χ0n) is 11.5. The van der Waals surface area contributed by atoms with Crippen LogP contribution in [0.25, 0.3) is 6.08 Å². The van der Waals surface area contributed by atoms with E-state index in [0.29, 0.717) is 6.07 Å². The van der Waals surface area contributed by atoms with E-state index in [1.807, 2.05) is 0 Å². The molecule has 0 unspecified atom stereocenters. The summed E-state index contributed by atoms with van der Waals surface area (Å²) < 4.78 is 63.8. The summed E-state index contributed by atoms with van der Waals surface area (Å²) in [5, 5.41) is 2.16. The summed E-state index contributed by atoms with van der Waals surface area (Å²) in [5.41, 5.74) is -0.913. The van der Waals surface area contributed by atoms with Gasteiger partial charge in [0.05, 0.1) is 11.3 Å². The average molecular weight is 327 g/mol. The Morgan fingerprint density at radius 2 is 1.78 bits per heavy atom. The average Bonchev–Trinajstić information content (AvgIpc) is 2.47. The van der Waals surface area contributed by atoms with E-state index in [1.165, 1.54) is 12.1 Å². The minimum Gasteiger partial charge on any atom is -0.320 e. The van der Waals surface area contributed by atoms with Crippen LogP contribution in [0.4, 0.5) is 27.6 Å². The van der Waals surface area contributed by atoms with Gasteiger partial charge < -0.3 is 5.32 Å². The molecule has 2 aromatic rings. The highest BCUT2D eigenvalue weighted by Gasteiger charge is 2.30. The molecule has 0 fully saturated rings. The van der Waals surface area contributed by atoms with E-state index >= 15 is 0 Å². The highest BCUT2D eigenvalue weighted by Crippen LogP contribution is 2.29. The van der Waals surface area contributed by atoms with Crippen LogP contribution in [0.1, 0.15) is 11.1 Å². The Labute approximate surface area is 128 Å². The molecule has 2 rings (SSSR count). The van der Waals surface area contributed by atoms with Crippen LogP contribution in [-0.2, 0) is 11.0 Å². The van der Waals surface area contributed by atoms with Crippen molar-refractivity contribution in [2.24, 2.45) is 0 Å². The summed E-state index contributed by atoms with van der Waals surface area (Å²) in [6, 6.07) is 6.99. The smallest absolute Gasteiger partial charge is 0.320 e. The highest BCUT2D eigenvalue weighted by molar-refractivity contribution is 6.01. The molecule has 0 aliphatic carbocycles. The molecule has 0 saturated carbocycles. The summed E-state index contributed by atoms with van der Waals surface area (Å²) in [4.78, 5) is 11.6. The van der Waals surface area contributed by atoms with E-state index in [2.05, 4.69) is 5.32 Å². The fourth-order valence-electron chi connectivity index (χ4n) is 1.76. The minimum absolute atomic E-state index is 0.162. The van der Waals surface area contributed by atoms with Gasteiger partial charge in [0, 0.05) is 12.1 Å². The van der Waals surface area contributed by atoms with E-state index < -0.39 is 29.3 Å². The molecule has 23 heavy (non-hydrogen) atoms. The lowest BCUT2D eigenvalue weighted by atomic mass is 10.1. The summed E-state index contributed by atoms with van der Waals surface area (Å²) in [6.45, 7) is 0. The van der Waals surface area contributed by atoms with E-state index in [1.54, 1.807) is 0 Å². The first kappa shape index (κ1) is 16.7. The highest BCUT2D eigenvalue weighted by atomic mass is 19.4. The number of alkyl halides is 3. The molecule has 1 N–H and O–H groups in total. The standard InChI is InChI=1S/C16H10F5NO/c17-12-5-6-14(13(18)9-12)22-15(23)7-4-10-2-1-3-11(8-10)16(19,20)21/h1-9H,(H,22,23). The second-order valence-corrected chi connectivity index (χ2v) is 4.57. The molecule has 0 heterocycles. The topological polar surface area (TPSA) is 29.1 Å². The summed E-state index contributed by atoms with van der Waals surface area (Å²) >= 11 is 0. The van der Waals surface area contributed by atoms with Crippen molar-refractivity contribution in [3.63, 3.8) is 0 Å². The van der Waals surface area contributed by atoms with Gasteiger partial charge in [-0.2, -0.15) is 13.2 Å². The maximum Gasteiger partial charge on any atom is 0.416 e. The van der Waals surface area contributed by atoms with Crippen molar-refractivity contribution < 1.29 is 26.7 Å². The number of halogens is 5. The first-order valence-corrected chi connectivity index (χ1v) is 6.37. The van der Waals surface area contributed by atoms with Crippen LogP contribution in [0.5, 0.6) is 0 Å². The fraction of sp³-hybridized carbons (Fsp3) is 0.0625. The fourth-order valence-corrected chi connectivity index (χ4v) is 1.76. The SMILES string of the molecule is O=C(C=Cc1cccc(C(F)(F)F)c1)Nc1ccc(F)cc1F. The number of hydrogen-bond donors (Lipinski definition) is 1. The zero-order valence-corrected chi connectivity index (χ0v) is 11.5. The van der Waals surface area contributed by atoms with Crippen LogP contribution in [0, 0.1) is 11.6 Å². The number of hydrogen-bond acceptors (Lipinski definition) is 1. The summed E-state index contributed by atoms with van der Waals surface area (Å²) in [7, 11) is 0. The van der Waals surface area contributed by atoms with Gasteiger partial charge in [-0.1, -0.05) is 12.1 Å². The van der Waals surface area contributed by atoms with Gasteiger partial charge in [-0.25, -0.2) is 8.78 Å². The van der Waals surface area contributed by atoms with Crippen LogP contribution in [0.15, 0.2) is 48.5 Å². The first-order chi connectivity index (χ1) is 10.8. The molecule has 120 valence electrons. The van der Waals surface area contributed by atoms with Gasteiger partial charge in [-0.15, -0.1) is 0 Å². The number of carbonyl (C=O) groups excluding carboxylic acids is 1. The van der Waals surface area contributed by atoms with Gasteiger partial charge in [0.1, 0.15) is 11.6 Å². The van der Waals surface area contributed by atoms with Crippen LogP contribution in [0.2, 0.25) is 0 Å². The lowest BCUT2D eigenvalue weighted by molar-refractivity contribution is -0.137. The Balaban J connectivity index is 2.09. The Bertz CT molecular complexity index is 752. The third-order valence-corrected chi connectivity index (χ3v) is 2.83. The van der Waals surface area contributed by atoms with Gasteiger partial charge in [-0.05, 0) is 35.9 Å². The normalized spacial score (nSPS) is 11.7. The van der Waals surface area contributed by atoms with Gasteiger partial charge in [0.2, 0.25) is 5.91 Å². The van der Waals surface area contributed by atoms with Crippen molar-refractivity contribution >= 4 is 17.7 Å². The van der Waals surface area contributed by atoms with Crippen LogP contribution in [0.3, 0.4) is 0 Å². The molecule has 0 radical (unpaired) electrons. The van der Waals surface area contributed by atoms with Crippen LogP contribution >= 0.6 is 0 Å². The predicted octanol–water partition coefficient (Wildman–Crippen LogP) is 4.64. The predicted molar refractivity (Wildman–Crippen MR) is 75.5 cm³/mol. The lowest BCUT2D eigenvalue weighted by Gasteiger charge is -2.06. The quantitative estimate of drug-likeness (QED) is 0.646. The van der Waals surface area contributed by atoms with E-state index in [0.717, 1.165) is 36.4 Å². The molecule has 0 bridgehead atoms. The van der Waals surface area contributed by atoms with Crippen molar-refractivity contribution in [3.05, 3.63) is 71.3 Å².